The summed E-state index contributed by atoms with van der Waals surface area (Å²) in [6, 6.07) is 0.749. The van der Waals surface area contributed by atoms with Gasteiger partial charge in [0.05, 0.1) is 5.92 Å². The molecule has 1 saturated heterocycles. The minimum atomic E-state index is -0.624. The Bertz CT molecular complexity index is 251. The van der Waals surface area contributed by atoms with Gasteiger partial charge in [0.2, 0.25) is 0 Å². The number of ether oxygens (including phenoxy) is 1. The molecule has 2 rings (SSSR count). The summed E-state index contributed by atoms with van der Waals surface area (Å²) in [5.41, 5.74) is 0. The van der Waals surface area contributed by atoms with E-state index in [1.807, 2.05) is 0 Å². The maximum Gasteiger partial charge on any atom is 0.308 e. The SMILES string of the molecule is CN(C1CCOCC1)C1CCCC1C(=O)O. The Morgan fingerprint density at radius 3 is 2.56 bits per heavy atom. The topological polar surface area (TPSA) is 49.8 Å². The zero-order valence-corrected chi connectivity index (χ0v) is 9.89. The fourth-order valence-electron chi connectivity index (χ4n) is 3.08. The molecule has 1 saturated carbocycles. The molecule has 16 heavy (non-hydrogen) atoms. The average molecular weight is 227 g/mol. The first kappa shape index (κ1) is 11.9. The molecular formula is C12H21NO3. The summed E-state index contributed by atoms with van der Waals surface area (Å²) in [6.45, 7) is 1.64. The maximum atomic E-state index is 11.1. The molecule has 0 aromatic carbocycles. The van der Waals surface area contributed by atoms with Gasteiger partial charge in [-0.1, -0.05) is 6.42 Å². The molecule has 1 aliphatic carbocycles. The lowest BCUT2D eigenvalue weighted by molar-refractivity contribution is -0.143. The highest BCUT2D eigenvalue weighted by Crippen LogP contribution is 2.32. The summed E-state index contributed by atoms with van der Waals surface area (Å²) in [4.78, 5) is 13.4. The van der Waals surface area contributed by atoms with Crippen LogP contribution in [-0.2, 0) is 9.53 Å². The van der Waals surface area contributed by atoms with Crippen LogP contribution in [0.5, 0.6) is 0 Å². The van der Waals surface area contributed by atoms with Crippen LogP contribution in [0.3, 0.4) is 0 Å². The van der Waals surface area contributed by atoms with Crippen molar-refractivity contribution >= 4 is 5.97 Å². The molecule has 92 valence electrons. The lowest BCUT2D eigenvalue weighted by Crippen LogP contribution is -2.46. The second-order valence-corrected chi connectivity index (χ2v) is 4.95. The number of carbonyl (C=O) groups is 1. The van der Waals surface area contributed by atoms with Crippen LogP contribution >= 0.6 is 0 Å². The van der Waals surface area contributed by atoms with Crippen LogP contribution in [0.1, 0.15) is 32.1 Å². The Morgan fingerprint density at radius 2 is 1.94 bits per heavy atom. The van der Waals surface area contributed by atoms with Crippen molar-refractivity contribution in [1.82, 2.24) is 4.90 Å². The molecule has 2 fully saturated rings. The fraction of sp³-hybridized carbons (Fsp3) is 0.917. The van der Waals surface area contributed by atoms with Gasteiger partial charge in [0, 0.05) is 25.3 Å². The minimum absolute atomic E-state index is 0.159. The highest BCUT2D eigenvalue weighted by molar-refractivity contribution is 5.71. The Hall–Kier alpha value is -0.610. The summed E-state index contributed by atoms with van der Waals surface area (Å²) in [5, 5.41) is 9.18. The van der Waals surface area contributed by atoms with E-state index in [1.165, 1.54) is 0 Å². The number of hydrogen-bond acceptors (Lipinski definition) is 3. The zero-order chi connectivity index (χ0) is 11.5. The summed E-state index contributed by atoms with van der Waals surface area (Å²) in [5.74, 6) is -0.783. The molecule has 0 radical (unpaired) electrons. The summed E-state index contributed by atoms with van der Waals surface area (Å²) in [6.07, 6.45) is 5.01. The molecule has 1 N–H and O–H groups in total. The van der Waals surface area contributed by atoms with Crippen molar-refractivity contribution in [3.63, 3.8) is 0 Å². The molecule has 0 amide bonds. The van der Waals surface area contributed by atoms with Crippen molar-refractivity contribution in [2.24, 2.45) is 5.92 Å². The number of nitrogens with zero attached hydrogens (tertiary/aromatic N) is 1. The normalized spacial score (nSPS) is 32.1. The van der Waals surface area contributed by atoms with Gasteiger partial charge in [0.15, 0.2) is 0 Å². The molecule has 0 bridgehead atoms. The quantitative estimate of drug-likeness (QED) is 0.790. The van der Waals surface area contributed by atoms with Crippen LogP contribution in [0.4, 0.5) is 0 Å². The molecule has 1 heterocycles. The Kier molecular flexibility index (Phi) is 3.82. The molecule has 2 atom stereocenters. The third-order valence-electron chi connectivity index (χ3n) is 4.09. The third kappa shape index (κ3) is 2.38. The molecule has 1 aliphatic heterocycles. The largest absolute Gasteiger partial charge is 0.481 e. The van der Waals surface area contributed by atoms with Gasteiger partial charge in [-0.15, -0.1) is 0 Å². The lowest BCUT2D eigenvalue weighted by atomic mass is 9.98. The number of aliphatic carboxylic acids is 1. The Labute approximate surface area is 96.6 Å². The van der Waals surface area contributed by atoms with Gasteiger partial charge in [-0.3, -0.25) is 9.69 Å². The van der Waals surface area contributed by atoms with E-state index in [1.54, 1.807) is 0 Å². The first-order chi connectivity index (χ1) is 7.70. The van der Waals surface area contributed by atoms with E-state index in [9.17, 15) is 9.90 Å². The van der Waals surface area contributed by atoms with E-state index in [0.717, 1.165) is 45.3 Å². The first-order valence-corrected chi connectivity index (χ1v) is 6.22. The van der Waals surface area contributed by atoms with Gasteiger partial charge >= 0.3 is 5.97 Å². The van der Waals surface area contributed by atoms with Gasteiger partial charge in [0.25, 0.3) is 0 Å². The van der Waals surface area contributed by atoms with Crippen LogP contribution in [0, 0.1) is 5.92 Å². The molecular weight excluding hydrogens is 206 g/mol. The maximum absolute atomic E-state index is 11.1. The summed E-state index contributed by atoms with van der Waals surface area (Å²) in [7, 11) is 2.09. The second kappa shape index (κ2) is 5.15. The van der Waals surface area contributed by atoms with Gasteiger partial charge in [-0.05, 0) is 32.7 Å². The number of carboxylic acids is 1. The predicted octanol–water partition coefficient (Wildman–Crippen LogP) is 1.35. The Morgan fingerprint density at radius 1 is 1.25 bits per heavy atom. The van der Waals surface area contributed by atoms with Crippen LogP contribution in [-0.4, -0.2) is 48.3 Å². The van der Waals surface area contributed by atoms with Crippen molar-refractivity contribution in [2.75, 3.05) is 20.3 Å². The van der Waals surface area contributed by atoms with E-state index < -0.39 is 5.97 Å². The molecule has 0 spiro atoms. The van der Waals surface area contributed by atoms with E-state index >= 15 is 0 Å². The monoisotopic (exact) mass is 227 g/mol. The molecule has 0 aromatic rings. The molecule has 0 aromatic heterocycles. The van der Waals surface area contributed by atoms with Gasteiger partial charge < -0.3 is 9.84 Å². The molecule has 2 unspecified atom stereocenters. The van der Waals surface area contributed by atoms with Gasteiger partial charge in [-0.2, -0.15) is 0 Å². The molecule has 4 nitrogen and oxygen atoms in total. The van der Waals surface area contributed by atoms with E-state index in [0.29, 0.717) is 6.04 Å². The van der Waals surface area contributed by atoms with Crippen molar-refractivity contribution < 1.29 is 14.6 Å². The van der Waals surface area contributed by atoms with Crippen LogP contribution in [0.25, 0.3) is 0 Å². The van der Waals surface area contributed by atoms with E-state index in [-0.39, 0.29) is 12.0 Å². The summed E-state index contributed by atoms with van der Waals surface area (Å²) >= 11 is 0. The third-order valence-corrected chi connectivity index (χ3v) is 4.09. The van der Waals surface area contributed by atoms with Gasteiger partial charge in [-0.25, -0.2) is 0 Å². The number of rotatable bonds is 3. The smallest absolute Gasteiger partial charge is 0.308 e. The van der Waals surface area contributed by atoms with Crippen molar-refractivity contribution in [1.29, 1.82) is 0 Å². The molecule has 2 aliphatic rings. The van der Waals surface area contributed by atoms with E-state index in [2.05, 4.69) is 11.9 Å². The van der Waals surface area contributed by atoms with Crippen molar-refractivity contribution in [2.45, 2.75) is 44.2 Å². The van der Waals surface area contributed by atoms with Crippen LogP contribution in [0.2, 0.25) is 0 Å². The highest BCUT2D eigenvalue weighted by atomic mass is 16.5. The standard InChI is InChI=1S/C12H21NO3/c1-13(9-5-7-16-8-6-9)11-4-2-3-10(11)12(14)15/h9-11H,2-8H2,1H3,(H,14,15). The summed E-state index contributed by atoms with van der Waals surface area (Å²) < 4.78 is 5.34. The highest BCUT2D eigenvalue weighted by Gasteiger charge is 2.37. The lowest BCUT2D eigenvalue weighted by Gasteiger charge is -2.37. The average Bonchev–Trinajstić information content (AvgIpc) is 2.78. The van der Waals surface area contributed by atoms with Crippen molar-refractivity contribution in [3.8, 4) is 0 Å². The predicted molar refractivity (Wildman–Crippen MR) is 60.4 cm³/mol. The van der Waals surface area contributed by atoms with Crippen molar-refractivity contribution in [3.05, 3.63) is 0 Å². The molecule has 4 heteroatoms. The zero-order valence-electron chi connectivity index (χ0n) is 9.89. The second-order valence-electron chi connectivity index (χ2n) is 4.95. The van der Waals surface area contributed by atoms with E-state index in [4.69, 9.17) is 4.74 Å². The Balaban J connectivity index is 1.96. The van der Waals surface area contributed by atoms with Crippen LogP contribution in [0.15, 0.2) is 0 Å². The number of carboxylic acid groups (broad SMARTS) is 1. The number of hydrogen-bond donors (Lipinski definition) is 1. The van der Waals surface area contributed by atoms with Crippen LogP contribution < -0.4 is 0 Å². The van der Waals surface area contributed by atoms with Gasteiger partial charge in [0.1, 0.15) is 0 Å². The first-order valence-electron chi connectivity index (χ1n) is 6.22. The minimum Gasteiger partial charge on any atom is -0.481 e. The fourth-order valence-corrected chi connectivity index (χ4v) is 3.08.